The Bertz CT molecular complexity index is 403. The van der Waals surface area contributed by atoms with Gasteiger partial charge in [-0.1, -0.05) is 12.1 Å². The number of alkyl halides is 3. The van der Waals surface area contributed by atoms with Crippen molar-refractivity contribution in [3.05, 3.63) is 35.4 Å². The number of piperidine rings is 1. The Balaban J connectivity index is 2.19. The minimum atomic E-state index is -4.28. The zero-order valence-electron chi connectivity index (χ0n) is 10.3. The van der Waals surface area contributed by atoms with Gasteiger partial charge in [0.2, 0.25) is 0 Å². The van der Waals surface area contributed by atoms with Crippen molar-refractivity contribution in [3.63, 3.8) is 0 Å². The van der Waals surface area contributed by atoms with E-state index >= 15 is 0 Å². The predicted molar refractivity (Wildman–Crippen MR) is 64.0 cm³/mol. The highest BCUT2D eigenvalue weighted by Crippen LogP contribution is 2.33. The molecular weight excluding hydrogens is 241 g/mol. The number of likely N-dealkylation sites (tertiary alicyclic amines) is 1. The van der Waals surface area contributed by atoms with E-state index in [4.69, 9.17) is 5.73 Å². The second-order valence-electron chi connectivity index (χ2n) is 5.03. The van der Waals surface area contributed by atoms with E-state index in [1.54, 1.807) is 0 Å². The highest BCUT2D eigenvalue weighted by Gasteiger charge is 2.33. The lowest BCUT2D eigenvalue weighted by Crippen LogP contribution is -2.46. The van der Waals surface area contributed by atoms with E-state index in [-0.39, 0.29) is 0 Å². The van der Waals surface area contributed by atoms with Gasteiger partial charge in [-0.25, -0.2) is 0 Å². The first-order valence-electron chi connectivity index (χ1n) is 5.96. The molecule has 18 heavy (non-hydrogen) atoms. The van der Waals surface area contributed by atoms with E-state index in [0.29, 0.717) is 0 Å². The number of nitrogens with zero attached hydrogens (tertiary/aromatic N) is 1. The summed E-state index contributed by atoms with van der Waals surface area (Å²) in [5.74, 6) is 0. The zero-order chi connectivity index (χ0) is 13.4. The highest BCUT2D eigenvalue weighted by atomic mass is 19.4. The van der Waals surface area contributed by atoms with Gasteiger partial charge in [0.1, 0.15) is 0 Å². The Kier molecular flexibility index (Phi) is 3.38. The molecule has 2 rings (SSSR count). The van der Waals surface area contributed by atoms with Crippen molar-refractivity contribution in [3.8, 4) is 0 Å². The molecule has 1 aromatic rings. The number of benzene rings is 1. The van der Waals surface area contributed by atoms with E-state index in [0.717, 1.165) is 43.6 Å². The van der Waals surface area contributed by atoms with Gasteiger partial charge in [-0.3, -0.25) is 0 Å². The molecular formula is C13H17F3N2. The largest absolute Gasteiger partial charge is 0.416 e. The summed E-state index contributed by atoms with van der Waals surface area (Å²) in [5.41, 5.74) is 5.98. The summed E-state index contributed by atoms with van der Waals surface area (Å²) in [4.78, 5) is 2.18. The Morgan fingerprint density at radius 2 is 1.61 bits per heavy atom. The maximum Gasteiger partial charge on any atom is 0.416 e. The smallest absolute Gasteiger partial charge is 0.321 e. The number of nitrogens with two attached hydrogens (primary N) is 1. The Morgan fingerprint density at radius 3 is 2.06 bits per heavy atom. The van der Waals surface area contributed by atoms with Crippen LogP contribution >= 0.6 is 0 Å². The molecule has 0 saturated carbocycles. The van der Waals surface area contributed by atoms with E-state index in [1.807, 2.05) is 7.05 Å². The van der Waals surface area contributed by atoms with E-state index in [2.05, 4.69) is 4.90 Å². The Hall–Kier alpha value is -1.07. The molecule has 1 heterocycles. The molecule has 2 nitrogen and oxygen atoms in total. The van der Waals surface area contributed by atoms with Gasteiger partial charge >= 0.3 is 6.18 Å². The lowest BCUT2D eigenvalue weighted by molar-refractivity contribution is -0.137. The summed E-state index contributed by atoms with van der Waals surface area (Å²) in [6, 6.07) is 5.24. The average molecular weight is 258 g/mol. The van der Waals surface area contributed by atoms with Crippen molar-refractivity contribution in [2.45, 2.75) is 24.6 Å². The first-order chi connectivity index (χ1) is 8.31. The van der Waals surface area contributed by atoms with Gasteiger partial charge in [-0.05, 0) is 50.7 Å². The van der Waals surface area contributed by atoms with Gasteiger partial charge in [-0.15, -0.1) is 0 Å². The second kappa shape index (κ2) is 4.55. The van der Waals surface area contributed by atoms with Gasteiger partial charge in [0.05, 0.1) is 5.56 Å². The number of rotatable bonds is 1. The Labute approximate surface area is 105 Å². The molecule has 0 amide bonds. The Morgan fingerprint density at radius 1 is 1.11 bits per heavy atom. The van der Waals surface area contributed by atoms with Crippen LogP contribution in [0.4, 0.5) is 13.2 Å². The topological polar surface area (TPSA) is 29.3 Å². The van der Waals surface area contributed by atoms with Gasteiger partial charge in [0.15, 0.2) is 0 Å². The average Bonchev–Trinajstić information content (AvgIpc) is 2.32. The number of halogens is 3. The van der Waals surface area contributed by atoms with Gasteiger partial charge in [0.25, 0.3) is 0 Å². The molecule has 0 spiro atoms. The molecule has 0 unspecified atom stereocenters. The monoisotopic (exact) mass is 258 g/mol. The van der Waals surface area contributed by atoms with Crippen LogP contribution in [0.5, 0.6) is 0 Å². The van der Waals surface area contributed by atoms with Crippen molar-refractivity contribution in [1.29, 1.82) is 0 Å². The summed E-state index contributed by atoms with van der Waals surface area (Å²) < 4.78 is 37.4. The fraction of sp³-hybridized carbons (Fsp3) is 0.538. The lowest BCUT2D eigenvalue weighted by Gasteiger charge is -2.38. The summed E-state index contributed by atoms with van der Waals surface area (Å²) >= 11 is 0. The molecule has 1 aliphatic heterocycles. The van der Waals surface area contributed by atoms with E-state index in [9.17, 15) is 13.2 Å². The number of hydrogen-bond acceptors (Lipinski definition) is 2. The summed E-state index contributed by atoms with van der Waals surface area (Å²) in [7, 11) is 2.02. The highest BCUT2D eigenvalue weighted by molar-refractivity contribution is 5.30. The third kappa shape index (κ3) is 2.67. The lowest BCUT2D eigenvalue weighted by atomic mass is 9.82. The molecule has 0 aliphatic carbocycles. The summed E-state index contributed by atoms with van der Waals surface area (Å²) in [6.45, 7) is 1.75. The van der Waals surface area contributed by atoms with E-state index < -0.39 is 17.3 Å². The number of hydrogen-bond donors (Lipinski definition) is 1. The van der Waals surface area contributed by atoms with Gasteiger partial charge in [-0.2, -0.15) is 13.2 Å². The summed E-state index contributed by atoms with van der Waals surface area (Å²) in [5, 5.41) is 0. The molecule has 5 heteroatoms. The van der Waals surface area contributed by atoms with Crippen LogP contribution in [0.3, 0.4) is 0 Å². The van der Waals surface area contributed by atoms with Crippen LogP contribution in [0.2, 0.25) is 0 Å². The third-order valence-corrected chi connectivity index (χ3v) is 3.67. The van der Waals surface area contributed by atoms with Crippen LogP contribution in [-0.4, -0.2) is 25.0 Å². The molecule has 0 bridgehead atoms. The predicted octanol–water partition coefficient (Wildman–Crippen LogP) is 2.59. The first-order valence-corrected chi connectivity index (χ1v) is 5.96. The van der Waals surface area contributed by atoms with Crippen LogP contribution < -0.4 is 5.73 Å². The minimum absolute atomic E-state index is 0.489. The molecule has 0 radical (unpaired) electrons. The summed E-state index contributed by atoms with van der Waals surface area (Å²) in [6.07, 6.45) is -2.74. The molecule has 1 fully saturated rings. The van der Waals surface area contributed by atoms with Crippen LogP contribution in [-0.2, 0) is 11.7 Å². The van der Waals surface area contributed by atoms with Crippen molar-refractivity contribution >= 4 is 0 Å². The van der Waals surface area contributed by atoms with Crippen LogP contribution in [0.25, 0.3) is 0 Å². The van der Waals surface area contributed by atoms with Crippen molar-refractivity contribution in [2.24, 2.45) is 5.73 Å². The van der Waals surface area contributed by atoms with Gasteiger partial charge in [0, 0.05) is 5.54 Å². The third-order valence-electron chi connectivity index (χ3n) is 3.67. The fourth-order valence-corrected chi connectivity index (χ4v) is 2.30. The van der Waals surface area contributed by atoms with Crippen LogP contribution in [0.15, 0.2) is 24.3 Å². The maximum atomic E-state index is 12.5. The molecule has 0 atom stereocenters. The molecule has 100 valence electrons. The molecule has 2 N–H and O–H groups in total. The molecule has 1 aliphatic rings. The molecule has 1 saturated heterocycles. The normalized spacial score (nSPS) is 20.9. The second-order valence-corrected chi connectivity index (χ2v) is 5.03. The van der Waals surface area contributed by atoms with E-state index in [1.165, 1.54) is 12.1 Å². The first kappa shape index (κ1) is 13.4. The van der Waals surface area contributed by atoms with Gasteiger partial charge < -0.3 is 10.6 Å². The van der Waals surface area contributed by atoms with Crippen molar-refractivity contribution in [2.75, 3.05) is 20.1 Å². The zero-order valence-corrected chi connectivity index (χ0v) is 10.3. The van der Waals surface area contributed by atoms with Crippen molar-refractivity contribution < 1.29 is 13.2 Å². The molecule has 0 aromatic heterocycles. The quantitative estimate of drug-likeness (QED) is 0.839. The SMILES string of the molecule is CN1CCC(N)(c2ccc(C(F)(F)F)cc2)CC1. The van der Waals surface area contributed by atoms with Crippen LogP contribution in [0, 0.1) is 0 Å². The standard InChI is InChI=1S/C13H17F3N2/c1-18-8-6-12(17,7-9-18)10-2-4-11(5-3-10)13(14,15)16/h2-5H,6-9,17H2,1H3. The maximum absolute atomic E-state index is 12.5. The van der Waals surface area contributed by atoms with Crippen LogP contribution in [0.1, 0.15) is 24.0 Å². The minimum Gasteiger partial charge on any atom is -0.321 e. The fourth-order valence-electron chi connectivity index (χ4n) is 2.30. The molecule has 1 aromatic carbocycles. The van der Waals surface area contributed by atoms with Crippen molar-refractivity contribution in [1.82, 2.24) is 4.90 Å².